The third-order valence-electron chi connectivity index (χ3n) is 4.96. The van der Waals surface area contributed by atoms with Crippen molar-refractivity contribution in [1.29, 1.82) is 0 Å². The quantitative estimate of drug-likeness (QED) is 0.521. The smallest absolute Gasteiger partial charge is 0.267 e. The molecule has 0 saturated carbocycles. The Morgan fingerprint density at radius 2 is 1.80 bits per heavy atom. The van der Waals surface area contributed by atoms with E-state index >= 15 is 0 Å². The second-order valence-corrected chi connectivity index (χ2v) is 6.86. The van der Waals surface area contributed by atoms with Crippen LogP contribution in [-0.4, -0.2) is 36.5 Å². The van der Waals surface area contributed by atoms with E-state index in [1.807, 2.05) is 6.92 Å². The molecule has 0 fully saturated rings. The number of hydrogen-bond acceptors (Lipinski definition) is 6. The summed E-state index contributed by atoms with van der Waals surface area (Å²) in [5.74, 6) is -1.42. The van der Waals surface area contributed by atoms with Crippen molar-refractivity contribution in [1.82, 2.24) is 24.7 Å². The van der Waals surface area contributed by atoms with Gasteiger partial charge in [0.25, 0.3) is 5.91 Å². The van der Waals surface area contributed by atoms with Crippen molar-refractivity contribution >= 4 is 22.7 Å². The van der Waals surface area contributed by atoms with Gasteiger partial charge in [0.2, 0.25) is 5.91 Å². The van der Waals surface area contributed by atoms with Crippen LogP contribution in [0.15, 0.2) is 42.9 Å². The maximum atomic E-state index is 12.5. The molecule has 3 aromatic heterocycles. The SMILES string of the molecule is Cc1nn(Cc2ccncn2)c(C)c1-c1c(C(N)=O)nc2ccccc2c1C(N)=O. The molecule has 2 amide bonds. The van der Waals surface area contributed by atoms with Gasteiger partial charge in [0, 0.05) is 28.4 Å². The van der Waals surface area contributed by atoms with Gasteiger partial charge >= 0.3 is 0 Å². The van der Waals surface area contributed by atoms with Crippen molar-refractivity contribution in [3.05, 3.63) is 71.2 Å². The van der Waals surface area contributed by atoms with Gasteiger partial charge in [-0.1, -0.05) is 18.2 Å². The number of amides is 2. The van der Waals surface area contributed by atoms with Gasteiger partial charge in [-0.05, 0) is 26.0 Å². The molecule has 3 heterocycles. The number of nitrogens with two attached hydrogens (primary N) is 2. The third kappa shape index (κ3) is 3.16. The summed E-state index contributed by atoms with van der Waals surface area (Å²) in [6.07, 6.45) is 3.12. The molecule has 0 saturated heterocycles. The van der Waals surface area contributed by atoms with E-state index in [9.17, 15) is 9.59 Å². The maximum Gasteiger partial charge on any atom is 0.267 e. The van der Waals surface area contributed by atoms with E-state index in [2.05, 4.69) is 20.1 Å². The second kappa shape index (κ2) is 7.36. The Morgan fingerprint density at radius 1 is 1.03 bits per heavy atom. The summed E-state index contributed by atoms with van der Waals surface area (Å²) in [4.78, 5) is 37.4. The monoisotopic (exact) mass is 401 g/mol. The Bertz CT molecular complexity index is 1300. The minimum absolute atomic E-state index is 0.0183. The lowest BCUT2D eigenvalue weighted by Gasteiger charge is -2.14. The maximum absolute atomic E-state index is 12.5. The lowest BCUT2D eigenvalue weighted by molar-refractivity contribution is 0.0996. The van der Waals surface area contributed by atoms with Gasteiger partial charge in [-0.2, -0.15) is 5.10 Å². The zero-order chi connectivity index (χ0) is 21.4. The number of carbonyl (C=O) groups excluding carboxylic acids is 2. The normalized spacial score (nSPS) is 11.0. The number of carbonyl (C=O) groups is 2. The molecule has 0 unspecified atom stereocenters. The number of benzene rings is 1. The van der Waals surface area contributed by atoms with E-state index in [4.69, 9.17) is 11.5 Å². The van der Waals surface area contributed by atoms with Crippen molar-refractivity contribution in [3.8, 4) is 11.1 Å². The standard InChI is InChI=1S/C21H19N7O2/c1-11-16(12(2)28(27-11)9-13-7-8-24-10-25-13)18-17(20(22)29)14-5-3-4-6-15(14)26-19(18)21(23)30/h3-8,10H,9H2,1-2H3,(H2,22,29)(H2,23,30). The highest BCUT2D eigenvalue weighted by atomic mass is 16.1. The number of primary amides is 2. The molecule has 150 valence electrons. The Kier molecular flexibility index (Phi) is 4.71. The number of para-hydroxylation sites is 1. The van der Waals surface area contributed by atoms with Gasteiger partial charge in [0.1, 0.15) is 12.0 Å². The summed E-state index contributed by atoms with van der Waals surface area (Å²) in [5.41, 5.74) is 15.1. The molecule has 9 heteroatoms. The molecule has 0 aliphatic heterocycles. The van der Waals surface area contributed by atoms with E-state index < -0.39 is 11.8 Å². The van der Waals surface area contributed by atoms with Gasteiger partial charge in [0.05, 0.1) is 29.0 Å². The first-order chi connectivity index (χ1) is 14.4. The van der Waals surface area contributed by atoms with Crippen molar-refractivity contribution < 1.29 is 9.59 Å². The summed E-state index contributed by atoms with van der Waals surface area (Å²) < 4.78 is 1.75. The Hall–Kier alpha value is -4.14. The molecule has 4 N–H and O–H groups in total. The predicted octanol–water partition coefficient (Wildman–Crippen LogP) is 1.75. The van der Waals surface area contributed by atoms with E-state index in [0.717, 1.165) is 11.4 Å². The number of hydrogen-bond donors (Lipinski definition) is 2. The molecule has 9 nitrogen and oxygen atoms in total. The molecular formula is C21H19N7O2. The number of fused-ring (bicyclic) bond motifs is 1. The minimum Gasteiger partial charge on any atom is -0.366 e. The highest BCUT2D eigenvalue weighted by Gasteiger charge is 2.27. The van der Waals surface area contributed by atoms with Crippen LogP contribution in [0, 0.1) is 13.8 Å². The first-order valence-electron chi connectivity index (χ1n) is 9.20. The largest absolute Gasteiger partial charge is 0.366 e. The first-order valence-corrected chi connectivity index (χ1v) is 9.20. The van der Waals surface area contributed by atoms with E-state index in [0.29, 0.717) is 34.3 Å². The fourth-order valence-corrected chi connectivity index (χ4v) is 3.67. The third-order valence-corrected chi connectivity index (χ3v) is 4.96. The van der Waals surface area contributed by atoms with Gasteiger partial charge in [0.15, 0.2) is 0 Å². The molecular weight excluding hydrogens is 382 g/mol. The molecule has 4 rings (SSSR count). The van der Waals surface area contributed by atoms with Gasteiger partial charge in [-0.25, -0.2) is 15.0 Å². The Morgan fingerprint density at radius 3 is 2.47 bits per heavy atom. The Labute approximate surface area is 171 Å². The molecule has 30 heavy (non-hydrogen) atoms. The summed E-state index contributed by atoms with van der Waals surface area (Å²) in [5, 5.41) is 5.14. The van der Waals surface area contributed by atoms with Crippen LogP contribution in [0.4, 0.5) is 0 Å². The fraction of sp³-hybridized carbons (Fsp3) is 0.143. The molecule has 0 spiro atoms. The lowest BCUT2D eigenvalue weighted by Crippen LogP contribution is -2.21. The summed E-state index contributed by atoms with van der Waals surface area (Å²) >= 11 is 0. The number of rotatable bonds is 5. The highest BCUT2D eigenvalue weighted by molar-refractivity contribution is 6.15. The van der Waals surface area contributed by atoms with Crippen LogP contribution < -0.4 is 11.5 Å². The summed E-state index contributed by atoms with van der Waals surface area (Å²) in [7, 11) is 0. The van der Waals surface area contributed by atoms with Gasteiger partial charge in [-0.15, -0.1) is 0 Å². The van der Waals surface area contributed by atoms with Gasteiger partial charge < -0.3 is 11.5 Å². The van der Waals surface area contributed by atoms with Crippen LogP contribution in [0.3, 0.4) is 0 Å². The summed E-state index contributed by atoms with van der Waals surface area (Å²) in [6, 6.07) is 8.78. The molecule has 0 bridgehead atoms. The fourth-order valence-electron chi connectivity index (χ4n) is 3.67. The van der Waals surface area contributed by atoms with E-state index in [-0.39, 0.29) is 11.3 Å². The lowest BCUT2D eigenvalue weighted by atomic mass is 9.92. The topological polar surface area (TPSA) is 143 Å². The van der Waals surface area contributed by atoms with Crippen LogP contribution >= 0.6 is 0 Å². The molecule has 4 aromatic rings. The van der Waals surface area contributed by atoms with Crippen LogP contribution in [0.1, 0.15) is 37.9 Å². The average Bonchev–Trinajstić information content (AvgIpc) is 2.99. The van der Waals surface area contributed by atoms with Gasteiger partial charge in [-0.3, -0.25) is 14.3 Å². The minimum atomic E-state index is -0.749. The summed E-state index contributed by atoms with van der Waals surface area (Å²) in [6.45, 7) is 4.04. The van der Waals surface area contributed by atoms with Crippen molar-refractivity contribution in [2.45, 2.75) is 20.4 Å². The van der Waals surface area contributed by atoms with E-state index in [1.165, 1.54) is 6.33 Å². The second-order valence-electron chi connectivity index (χ2n) is 6.86. The van der Waals surface area contributed by atoms with Crippen LogP contribution in [0.25, 0.3) is 22.0 Å². The predicted molar refractivity (Wildman–Crippen MR) is 111 cm³/mol. The Balaban J connectivity index is 2.02. The average molecular weight is 401 g/mol. The number of nitrogens with zero attached hydrogens (tertiary/aromatic N) is 5. The van der Waals surface area contributed by atoms with Crippen LogP contribution in [0.2, 0.25) is 0 Å². The number of aromatic nitrogens is 5. The number of pyridine rings is 1. The van der Waals surface area contributed by atoms with Crippen LogP contribution in [0.5, 0.6) is 0 Å². The highest BCUT2D eigenvalue weighted by Crippen LogP contribution is 2.36. The van der Waals surface area contributed by atoms with Crippen molar-refractivity contribution in [3.63, 3.8) is 0 Å². The molecule has 0 aliphatic rings. The molecule has 0 atom stereocenters. The van der Waals surface area contributed by atoms with Crippen molar-refractivity contribution in [2.24, 2.45) is 11.5 Å². The van der Waals surface area contributed by atoms with E-state index in [1.54, 1.807) is 48.1 Å². The molecule has 1 aromatic carbocycles. The molecule has 0 aliphatic carbocycles. The zero-order valence-electron chi connectivity index (χ0n) is 16.5. The number of aryl methyl sites for hydroxylation is 1. The molecule has 0 radical (unpaired) electrons. The van der Waals surface area contributed by atoms with Crippen molar-refractivity contribution in [2.75, 3.05) is 0 Å². The first kappa shape index (κ1) is 19.2. The van der Waals surface area contributed by atoms with Crippen LogP contribution in [-0.2, 0) is 6.54 Å². The zero-order valence-corrected chi connectivity index (χ0v) is 16.5.